The minimum atomic E-state index is -0.122. The van der Waals surface area contributed by atoms with Gasteiger partial charge in [0.1, 0.15) is 6.04 Å². The molecule has 0 aromatic rings. The Morgan fingerprint density at radius 3 is 2.53 bits per heavy atom. The van der Waals surface area contributed by atoms with Gasteiger partial charge in [-0.3, -0.25) is 9.69 Å². The molecule has 0 aliphatic carbocycles. The zero-order chi connectivity index (χ0) is 11.3. The molecule has 88 valence electrons. The summed E-state index contributed by atoms with van der Waals surface area (Å²) >= 11 is 0. The fourth-order valence-electron chi connectivity index (χ4n) is 1.91. The van der Waals surface area contributed by atoms with Crippen LogP contribution in [0.2, 0.25) is 0 Å². The van der Waals surface area contributed by atoms with Gasteiger partial charge in [0.2, 0.25) is 0 Å². The molecule has 0 bridgehead atoms. The highest BCUT2D eigenvalue weighted by molar-refractivity contribution is 5.75. The second-order valence-electron chi connectivity index (χ2n) is 3.90. The maximum Gasteiger partial charge on any atom is 0.323 e. The number of piperidine rings is 1. The van der Waals surface area contributed by atoms with Crippen molar-refractivity contribution in [2.75, 3.05) is 26.8 Å². The van der Waals surface area contributed by atoms with Crippen LogP contribution in [-0.4, -0.2) is 49.8 Å². The van der Waals surface area contributed by atoms with Crippen LogP contribution in [0.5, 0.6) is 0 Å². The van der Waals surface area contributed by atoms with E-state index in [4.69, 9.17) is 9.47 Å². The van der Waals surface area contributed by atoms with E-state index >= 15 is 0 Å². The van der Waals surface area contributed by atoms with E-state index in [1.165, 1.54) is 0 Å². The van der Waals surface area contributed by atoms with Crippen LogP contribution < -0.4 is 0 Å². The number of esters is 1. The molecule has 1 unspecified atom stereocenters. The number of nitrogens with zero attached hydrogens (tertiary/aromatic N) is 1. The third-order valence-corrected chi connectivity index (χ3v) is 2.99. The molecule has 4 heteroatoms. The number of ether oxygens (including phenoxy) is 2. The fraction of sp³-hybridized carbons (Fsp3) is 0.909. The van der Waals surface area contributed by atoms with Crippen molar-refractivity contribution in [2.45, 2.75) is 38.8 Å². The van der Waals surface area contributed by atoms with Crippen molar-refractivity contribution < 1.29 is 14.3 Å². The highest BCUT2D eigenvalue weighted by atomic mass is 16.5. The van der Waals surface area contributed by atoms with Gasteiger partial charge in [-0.2, -0.15) is 0 Å². The largest absolute Gasteiger partial charge is 0.465 e. The molecule has 0 N–H and O–H groups in total. The highest BCUT2D eigenvalue weighted by Crippen LogP contribution is 2.15. The molecule has 1 atom stereocenters. The number of methoxy groups -OCH3 is 1. The van der Waals surface area contributed by atoms with E-state index in [0.29, 0.717) is 12.7 Å². The van der Waals surface area contributed by atoms with Crippen molar-refractivity contribution >= 4 is 5.97 Å². The first kappa shape index (κ1) is 12.5. The van der Waals surface area contributed by atoms with Gasteiger partial charge in [0, 0.05) is 20.2 Å². The molecule has 0 aromatic carbocycles. The lowest BCUT2D eigenvalue weighted by atomic mass is 10.1. The standard InChI is InChI=1S/C11H21NO3/c1-4-15-11(13)9(2)12-7-5-10(14-3)6-8-12/h9-10H,4-8H2,1-3H3. The second kappa shape index (κ2) is 6.08. The van der Waals surface area contributed by atoms with Crippen LogP contribution in [-0.2, 0) is 14.3 Å². The Bertz CT molecular complexity index is 200. The molecule has 4 nitrogen and oxygen atoms in total. The summed E-state index contributed by atoms with van der Waals surface area (Å²) in [7, 11) is 1.75. The van der Waals surface area contributed by atoms with Gasteiger partial charge in [0.15, 0.2) is 0 Å². The molecule has 0 amide bonds. The predicted molar refractivity (Wildman–Crippen MR) is 57.7 cm³/mol. The van der Waals surface area contributed by atoms with Crippen LogP contribution in [0.3, 0.4) is 0 Å². The molecule has 0 spiro atoms. The molecule has 15 heavy (non-hydrogen) atoms. The lowest BCUT2D eigenvalue weighted by Crippen LogP contribution is -2.46. The number of hydrogen-bond acceptors (Lipinski definition) is 4. The van der Waals surface area contributed by atoms with E-state index in [1.54, 1.807) is 7.11 Å². The third kappa shape index (κ3) is 3.47. The quantitative estimate of drug-likeness (QED) is 0.657. The number of carbonyl (C=O) groups excluding carboxylic acids is 1. The van der Waals surface area contributed by atoms with Crippen LogP contribution >= 0.6 is 0 Å². The molecule has 1 fully saturated rings. The molecular formula is C11H21NO3. The average Bonchev–Trinajstić information content (AvgIpc) is 2.28. The summed E-state index contributed by atoms with van der Waals surface area (Å²) in [5.41, 5.74) is 0. The zero-order valence-corrected chi connectivity index (χ0v) is 9.86. The predicted octanol–water partition coefficient (Wildman–Crippen LogP) is 1.05. The molecule has 0 radical (unpaired) electrons. The molecule has 1 aliphatic rings. The fourth-order valence-corrected chi connectivity index (χ4v) is 1.91. The van der Waals surface area contributed by atoms with Crippen LogP contribution in [0.4, 0.5) is 0 Å². The van der Waals surface area contributed by atoms with Gasteiger partial charge in [-0.1, -0.05) is 0 Å². The summed E-state index contributed by atoms with van der Waals surface area (Å²) in [5, 5.41) is 0. The number of hydrogen-bond donors (Lipinski definition) is 0. The molecular weight excluding hydrogens is 194 g/mol. The second-order valence-corrected chi connectivity index (χ2v) is 3.90. The molecule has 0 aromatic heterocycles. The Kier molecular flexibility index (Phi) is 5.05. The number of carbonyl (C=O) groups is 1. The normalized spacial score (nSPS) is 21.3. The number of likely N-dealkylation sites (tertiary alicyclic amines) is 1. The first-order chi connectivity index (χ1) is 7.19. The van der Waals surface area contributed by atoms with E-state index in [-0.39, 0.29) is 12.0 Å². The van der Waals surface area contributed by atoms with Crippen LogP contribution in [0.15, 0.2) is 0 Å². The summed E-state index contributed by atoms with van der Waals surface area (Å²) in [5.74, 6) is -0.117. The average molecular weight is 215 g/mol. The Hall–Kier alpha value is -0.610. The van der Waals surface area contributed by atoms with Gasteiger partial charge < -0.3 is 9.47 Å². The van der Waals surface area contributed by atoms with Crippen molar-refractivity contribution in [2.24, 2.45) is 0 Å². The maximum absolute atomic E-state index is 11.5. The smallest absolute Gasteiger partial charge is 0.323 e. The zero-order valence-electron chi connectivity index (χ0n) is 9.86. The lowest BCUT2D eigenvalue weighted by Gasteiger charge is -2.34. The molecule has 0 saturated carbocycles. The van der Waals surface area contributed by atoms with Gasteiger partial charge >= 0.3 is 5.97 Å². The molecule has 1 heterocycles. The minimum Gasteiger partial charge on any atom is -0.465 e. The third-order valence-electron chi connectivity index (χ3n) is 2.99. The summed E-state index contributed by atoms with van der Waals surface area (Å²) in [6.07, 6.45) is 2.36. The van der Waals surface area contributed by atoms with Crippen molar-refractivity contribution in [3.8, 4) is 0 Å². The van der Waals surface area contributed by atoms with Gasteiger partial charge in [0.25, 0.3) is 0 Å². The summed E-state index contributed by atoms with van der Waals surface area (Å²) in [6.45, 7) is 6.03. The van der Waals surface area contributed by atoms with Gasteiger partial charge in [-0.05, 0) is 26.7 Å². The van der Waals surface area contributed by atoms with E-state index in [2.05, 4.69) is 4.90 Å². The molecule has 1 saturated heterocycles. The first-order valence-electron chi connectivity index (χ1n) is 5.62. The van der Waals surface area contributed by atoms with E-state index in [9.17, 15) is 4.79 Å². The molecule has 1 rings (SSSR count). The number of rotatable bonds is 4. The van der Waals surface area contributed by atoms with Crippen molar-refractivity contribution in [3.63, 3.8) is 0 Å². The Morgan fingerprint density at radius 1 is 1.47 bits per heavy atom. The van der Waals surface area contributed by atoms with Gasteiger partial charge in [-0.15, -0.1) is 0 Å². The van der Waals surface area contributed by atoms with Crippen molar-refractivity contribution in [1.29, 1.82) is 0 Å². The Morgan fingerprint density at radius 2 is 2.07 bits per heavy atom. The minimum absolute atomic E-state index is 0.117. The SMILES string of the molecule is CCOC(=O)C(C)N1CCC(OC)CC1. The van der Waals surface area contributed by atoms with E-state index < -0.39 is 0 Å². The van der Waals surface area contributed by atoms with Gasteiger partial charge in [0.05, 0.1) is 12.7 Å². The maximum atomic E-state index is 11.5. The highest BCUT2D eigenvalue weighted by Gasteiger charge is 2.26. The molecule has 1 aliphatic heterocycles. The van der Waals surface area contributed by atoms with E-state index in [0.717, 1.165) is 25.9 Å². The van der Waals surface area contributed by atoms with Crippen LogP contribution in [0.1, 0.15) is 26.7 Å². The van der Waals surface area contributed by atoms with Crippen LogP contribution in [0.25, 0.3) is 0 Å². The van der Waals surface area contributed by atoms with Crippen molar-refractivity contribution in [3.05, 3.63) is 0 Å². The van der Waals surface area contributed by atoms with Crippen molar-refractivity contribution in [1.82, 2.24) is 4.90 Å². The summed E-state index contributed by atoms with van der Waals surface area (Å²) in [4.78, 5) is 13.7. The monoisotopic (exact) mass is 215 g/mol. The summed E-state index contributed by atoms with van der Waals surface area (Å²) in [6, 6.07) is -0.122. The van der Waals surface area contributed by atoms with Gasteiger partial charge in [-0.25, -0.2) is 0 Å². The first-order valence-corrected chi connectivity index (χ1v) is 5.62. The lowest BCUT2D eigenvalue weighted by molar-refractivity contribution is -0.149. The Balaban J connectivity index is 2.35. The topological polar surface area (TPSA) is 38.8 Å². The van der Waals surface area contributed by atoms with Crippen LogP contribution in [0, 0.1) is 0 Å². The summed E-state index contributed by atoms with van der Waals surface area (Å²) < 4.78 is 10.3. The van der Waals surface area contributed by atoms with E-state index in [1.807, 2.05) is 13.8 Å². The Labute approximate surface area is 91.5 Å².